The number of hydrogen-bond donors (Lipinski definition) is 1. The predicted molar refractivity (Wildman–Crippen MR) is 78.3 cm³/mol. The fourth-order valence-electron chi connectivity index (χ4n) is 1.63. The van der Waals surface area contributed by atoms with Crippen LogP contribution in [0.4, 0.5) is 0 Å². The molecule has 0 saturated carbocycles. The lowest BCUT2D eigenvalue weighted by atomic mass is 10.3. The Morgan fingerprint density at radius 1 is 0.700 bits per heavy atom. The van der Waals surface area contributed by atoms with Crippen LogP contribution >= 0.6 is 0 Å². The van der Waals surface area contributed by atoms with Crippen molar-refractivity contribution in [1.82, 2.24) is 0 Å². The first-order valence-electron chi connectivity index (χ1n) is 6.62. The van der Waals surface area contributed by atoms with E-state index >= 15 is 0 Å². The van der Waals surface area contributed by atoms with Crippen molar-refractivity contribution in [2.24, 2.45) is 5.73 Å². The standard InChI is InChI=1S/C16H19NO3/c17-10-11-18-12-13-19-14-6-8-16(9-7-14)20-15-4-2-1-3-5-15/h1-9H,10-13,17H2. The molecule has 2 aromatic rings. The van der Waals surface area contributed by atoms with Crippen molar-refractivity contribution >= 4 is 0 Å². The molecule has 0 fully saturated rings. The molecule has 0 spiro atoms. The SMILES string of the molecule is NCCOCCOc1ccc(Oc2ccccc2)cc1. The summed E-state index contributed by atoms with van der Waals surface area (Å²) in [4.78, 5) is 0. The van der Waals surface area contributed by atoms with Gasteiger partial charge in [0.25, 0.3) is 0 Å². The Morgan fingerprint density at radius 2 is 1.35 bits per heavy atom. The van der Waals surface area contributed by atoms with Gasteiger partial charge in [-0.15, -0.1) is 0 Å². The minimum atomic E-state index is 0.513. The van der Waals surface area contributed by atoms with Crippen molar-refractivity contribution in [2.45, 2.75) is 0 Å². The van der Waals surface area contributed by atoms with Crippen LogP contribution in [0, 0.1) is 0 Å². The fraction of sp³-hybridized carbons (Fsp3) is 0.250. The summed E-state index contributed by atoms with van der Waals surface area (Å²) in [6.45, 7) is 2.15. The Kier molecular flexibility index (Phi) is 5.89. The van der Waals surface area contributed by atoms with Crippen LogP contribution in [-0.4, -0.2) is 26.4 Å². The van der Waals surface area contributed by atoms with Gasteiger partial charge in [0, 0.05) is 6.54 Å². The molecule has 0 bridgehead atoms. The highest BCUT2D eigenvalue weighted by atomic mass is 16.5. The average Bonchev–Trinajstić information content (AvgIpc) is 2.50. The fourth-order valence-corrected chi connectivity index (χ4v) is 1.63. The zero-order valence-corrected chi connectivity index (χ0v) is 11.3. The van der Waals surface area contributed by atoms with Crippen molar-refractivity contribution in [3.8, 4) is 17.2 Å². The van der Waals surface area contributed by atoms with E-state index in [-0.39, 0.29) is 0 Å². The molecule has 0 unspecified atom stereocenters. The molecule has 4 nitrogen and oxygen atoms in total. The summed E-state index contributed by atoms with van der Waals surface area (Å²) in [5.74, 6) is 2.39. The quantitative estimate of drug-likeness (QED) is 0.751. The first kappa shape index (κ1) is 14.4. The van der Waals surface area contributed by atoms with E-state index in [9.17, 15) is 0 Å². The zero-order chi connectivity index (χ0) is 14.0. The Balaban J connectivity index is 1.78. The van der Waals surface area contributed by atoms with E-state index in [0.29, 0.717) is 26.4 Å². The predicted octanol–water partition coefficient (Wildman–Crippen LogP) is 2.83. The molecule has 0 aliphatic carbocycles. The van der Waals surface area contributed by atoms with E-state index in [2.05, 4.69) is 0 Å². The highest BCUT2D eigenvalue weighted by Gasteiger charge is 1.98. The van der Waals surface area contributed by atoms with E-state index in [4.69, 9.17) is 19.9 Å². The molecule has 2 N–H and O–H groups in total. The highest BCUT2D eigenvalue weighted by molar-refractivity contribution is 5.35. The number of rotatable bonds is 8. The van der Waals surface area contributed by atoms with Crippen LogP contribution in [0.2, 0.25) is 0 Å². The number of hydrogen-bond acceptors (Lipinski definition) is 4. The van der Waals surface area contributed by atoms with E-state index in [1.807, 2.05) is 54.6 Å². The third kappa shape index (κ3) is 4.91. The summed E-state index contributed by atoms with van der Waals surface area (Å²) >= 11 is 0. The first-order valence-corrected chi connectivity index (χ1v) is 6.62. The van der Waals surface area contributed by atoms with Crippen molar-refractivity contribution in [2.75, 3.05) is 26.4 Å². The molecule has 2 rings (SSSR count). The van der Waals surface area contributed by atoms with Gasteiger partial charge in [0.2, 0.25) is 0 Å². The lowest BCUT2D eigenvalue weighted by Crippen LogP contribution is -2.13. The maximum atomic E-state index is 5.70. The second kappa shape index (κ2) is 8.19. The third-order valence-corrected chi connectivity index (χ3v) is 2.56. The van der Waals surface area contributed by atoms with Crippen LogP contribution in [0.15, 0.2) is 54.6 Å². The zero-order valence-electron chi connectivity index (χ0n) is 11.3. The summed E-state index contributed by atoms with van der Waals surface area (Å²) in [6, 6.07) is 17.2. The molecule has 4 heteroatoms. The van der Waals surface area contributed by atoms with Gasteiger partial charge in [-0.05, 0) is 36.4 Å². The molecule has 2 aromatic carbocycles. The van der Waals surface area contributed by atoms with Crippen LogP contribution in [0.5, 0.6) is 17.2 Å². The summed E-state index contributed by atoms with van der Waals surface area (Å²) in [7, 11) is 0. The molecule has 0 aromatic heterocycles. The van der Waals surface area contributed by atoms with Gasteiger partial charge in [0.1, 0.15) is 23.9 Å². The minimum absolute atomic E-state index is 0.513. The van der Waals surface area contributed by atoms with Gasteiger partial charge in [-0.25, -0.2) is 0 Å². The summed E-state index contributed by atoms with van der Waals surface area (Å²) in [5, 5.41) is 0. The maximum Gasteiger partial charge on any atom is 0.127 e. The number of ether oxygens (including phenoxy) is 3. The summed E-state index contributed by atoms with van der Waals surface area (Å²) in [6.07, 6.45) is 0. The van der Waals surface area contributed by atoms with Crippen LogP contribution in [0.1, 0.15) is 0 Å². The minimum Gasteiger partial charge on any atom is -0.491 e. The smallest absolute Gasteiger partial charge is 0.127 e. The Morgan fingerprint density at radius 3 is 2.05 bits per heavy atom. The first-order chi connectivity index (χ1) is 9.88. The van der Waals surface area contributed by atoms with Gasteiger partial charge in [-0.2, -0.15) is 0 Å². The summed E-state index contributed by atoms with van der Waals surface area (Å²) in [5.41, 5.74) is 5.32. The van der Waals surface area contributed by atoms with E-state index in [0.717, 1.165) is 17.2 Å². The van der Waals surface area contributed by atoms with Gasteiger partial charge < -0.3 is 19.9 Å². The Labute approximate surface area is 119 Å². The monoisotopic (exact) mass is 273 g/mol. The highest BCUT2D eigenvalue weighted by Crippen LogP contribution is 2.23. The van der Waals surface area contributed by atoms with Crippen LogP contribution < -0.4 is 15.2 Å². The lowest BCUT2D eigenvalue weighted by Gasteiger charge is -2.08. The molecule has 0 atom stereocenters. The van der Waals surface area contributed by atoms with Crippen LogP contribution in [-0.2, 0) is 4.74 Å². The maximum absolute atomic E-state index is 5.70. The van der Waals surface area contributed by atoms with Gasteiger partial charge in [0.05, 0.1) is 13.2 Å². The molecule has 0 aliphatic rings. The van der Waals surface area contributed by atoms with E-state index in [1.54, 1.807) is 0 Å². The Hall–Kier alpha value is -2.04. The van der Waals surface area contributed by atoms with Crippen LogP contribution in [0.25, 0.3) is 0 Å². The summed E-state index contributed by atoms with van der Waals surface area (Å²) < 4.78 is 16.5. The Bertz CT molecular complexity index is 485. The largest absolute Gasteiger partial charge is 0.491 e. The normalized spacial score (nSPS) is 10.2. The molecular formula is C16H19NO3. The second-order valence-electron chi connectivity index (χ2n) is 4.14. The van der Waals surface area contributed by atoms with E-state index < -0.39 is 0 Å². The number of nitrogens with two attached hydrogens (primary N) is 1. The van der Waals surface area contributed by atoms with Crippen LogP contribution in [0.3, 0.4) is 0 Å². The number of para-hydroxylation sites is 1. The molecule has 0 radical (unpaired) electrons. The van der Waals surface area contributed by atoms with Gasteiger partial charge in [0.15, 0.2) is 0 Å². The molecule has 0 amide bonds. The van der Waals surface area contributed by atoms with Crippen molar-refractivity contribution in [1.29, 1.82) is 0 Å². The van der Waals surface area contributed by atoms with Gasteiger partial charge >= 0.3 is 0 Å². The average molecular weight is 273 g/mol. The lowest BCUT2D eigenvalue weighted by molar-refractivity contribution is 0.106. The molecule has 0 aliphatic heterocycles. The number of benzene rings is 2. The van der Waals surface area contributed by atoms with Crippen molar-refractivity contribution in [3.63, 3.8) is 0 Å². The van der Waals surface area contributed by atoms with E-state index in [1.165, 1.54) is 0 Å². The van der Waals surface area contributed by atoms with Crippen molar-refractivity contribution in [3.05, 3.63) is 54.6 Å². The molecule has 0 saturated heterocycles. The molecule has 106 valence electrons. The molecule has 20 heavy (non-hydrogen) atoms. The van der Waals surface area contributed by atoms with Crippen molar-refractivity contribution < 1.29 is 14.2 Å². The topological polar surface area (TPSA) is 53.7 Å². The van der Waals surface area contributed by atoms with Gasteiger partial charge in [-0.3, -0.25) is 0 Å². The van der Waals surface area contributed by atoms with Gasteiger partial charge in [-0.1, -0.05) is 18.2 Å². The molecular weight excluding hydrogens is 254 g/mol. The second-order valence-corrected chi connectivity index (χ2v) is 4.14. The third-order valence-electron chi connectivity index (χ3n) is 2.56. The molecule has 0 heterocycles.